The van der Waals surface area contributed by atoms with Crippen molar-refractivity contribution >= 4 is 22.1 Å². The maximum Gasteiger partial charge on any atom is 0.227 e. The van der Waals surface area contributed by atoms with Gasteiger partial charge in [-0.3, -0.25) is 4.98 Å². The van der Waals surface area contributed by atoms with Crippen LogP contribution in [0.25, 0.3) is 33.3 Å². The van der Waals surface area contributed by atoms with E-state index >= 15 is 0 Å². The predicted molar refractivity (Wildman–Crippen MR) is 105 cm³/mol. The van der Waals surface area contributed by atoms with Crippen LogP contribution in [0.4, 0.5) is 0 Å². The van der Waals surface area contributed by atoms with Crippen LogP contribution in [0.5, 0.6) is 0 Å². The summed E-state index contributed by atoms with van der Waals surface area (Å²) in [6.45, 7) is -2.25. The van der Waals surface area contributed by atoms with Gasteiger partial charge in [-0.05, 0) is 49.4 Å². The molecule has 0 spiro atoms. The summed E-state index contributed by atoms with van der Waals surface area (Å²) in [4.78, 5) is 8.76. The molecule has 0 bridgehead atoms. The number of para-hydroxylation sites is 1. The Labute approximate surface area is 164 Å². The van der Waals surface area contributed by atoms with E-state index in [0.717, 1.165) is 5.39 Å². The number of hydrogen-bond donors (Lipinski definition) is 0. The van der Waals surface area contributed by atoms with Gasteiger partial charge in [0.25, 0.3) is 0 Å². The first-order valence-electron chi connectivity index (χ1n) is 12.6. The molecule has 4 aromatic rings. The summed E-state index contributed by atoms with van der Waals surface area (Å²) in [5.74, 6) is -2.18. The van der Waals surface area contributed by atoms with E-state index < -0.39 is 25.5 Å². The average molecular weight is 350 g/mol. The Hall–Kier alpha value is -2.68. The van der Waals surface area contributed by atoms with Crippen LogP contribution in [-0.2, 0) is 0 Å². The van der Waals surface area contributed by atoms with Crippen LogP contribution in [0.15, 0.2) is 53.1 Å². The molecule has 0 radical (unpaired) electrons. The Kier molecular flexibility index (Phi) is 2.24. The van der Waals surface area contributed by atoms with E-state index in [1.807, 2.05) is 12.1 Å². The van der Waals surface area contributed by atoms with Crippen LogP contribution in [0.3, 0.4) is 0 Å². The molecule has 3 heterocycles. The first-order valence-corrected chi connectivity index (χ1v) is 8.65. The SMILES string of the molecule is [2H]C([2H])([2H])c1ccc(-c2cccc3c2oc2nc(C4([2H])C([2H])([2H])CCCC4([2H])[2H])ccc23)nc1. The first-order chi connectivity index (χ1) is 15.9. The number of pyridine rings is 2. The molecular formula is C23H22N2O. The van der Waals surface area contributed by atoms with Gasteiger partial charge in [-0.1, -0.05) is 37.5 Å². The van der Waals surface area contributed by atoms with Crippen molar-refractivity contribution < 1.29 is 15.4 Å². The second-order valence-corrected chi connectivity index (χ2v) is 6.35. The zero-order chi connectivity index (χ0) is 24.5. The number of fused-ring (bicyclic) bond motifs is 3. The van der Waals surface area contributed by atoms with E-state index in [0.29, 0.717) is 28.6 Å². The lowest BCUT2D eigenvalue weighted by molar-refractivity contribution is 0.436. The van der Waals surface area contributed by atoms with Gasteiger partial charge in [0.2, 0.25) is 5.71 Å². The monoisotopic (exact) mass is 350 g/mol. The molecule has 26 heavy (non-hydrogen) atoms. The number of aromatic nitrogens is 2. The van der Waals surface area contributed by atoms with Gasteiger partial charge in [0.05, 0.1) is 5.69 Å². The van der Waals surface area contributed by atoms with Crippen LogP contribution in [0.2, 0.25) is 0 Å². The molecule has 1 saturated carbocycles. The van der Waals surface area contributed by atoms with Gasteiger partial charge in [0, 0.05) is 45.1 Å². The smallest absolute Gasteiger partial charge is 0.227 e. The highest BCUT2D eigenvalue weighted by molar-refractivity contribution is 6.08. The summed E-state index contributed by atoms with van der Waals surface area (Å²) in [5, 5.41) is 1.39. The molecule has 0 saturated heterocycles. The molecule has 0 N–H and O–H groups in total. The van der Waals surface area contributed by atoms with Crippen molar-refractivity contribution in [3.05, 3.63) is 59.9 Å². The minimum atomic E-state index is -2.25. The van der Waals surface area contributed by atoms with E-state index in [2.05, 4.69) is 9.97 Å². The standard InChI is InChI=1S/C23H22N2O/c1-15-10-12-21(24-14-15)19-9-5-8-17-18-11-13-20(16-6-3-2-4-7-16)25-23(18)26-22(17)19/h5,8-14,16H,2-4,6-7H2,1H3/i1D3,6D2,7D2,16D. The van der Waals surface area contributed by atoms with Crippen molar-refractivity contribution in [3.8, 4) is 11.3 Å². The lowest BCUT2D eigenvalue weighted by Gasteiger charge is -2.20. The van der Waals surface area contributed by atoms with Crippen molar-refractivity contribution in [1.82, 2.24) is 9.97 Å². The summed E-state index contributed by atoms with van der Waals surface area (Å²) < 4.78 is 71.2. The Morgan fingerprint density at radius 1 is 1.08 bits per heavy atom. The Morgan fingerprint density at radius 2 is 2.00 bits per heavy atom. The quantitative estimate of drug-likeness (QED) is 0.420. The fourth-order valence-corrected chi connectivity index (χ4v) is 3.33. The van der Waals surface area contributed by atoms with Crippen LogP contribution in [0.1, 0.15) is 60.1 Å². The molecule has 0 amide bonds. The van der Waals surface area contributed by atoms with E-state index in [1.54, 1.807) is 18.2 Å². The largest absolute Gasteiger partial charge is 0.437 e. The van der Waals surface area contributed by atoms with Crippen molar-refractivity contribution in [2.75, 3.05) is 0 Å². The van der Waals surface area contributed by atoms with Crippen molar-refractivity contribution in [2.24, 2.45) is 0 Å². The van der Waals surface area contributed by atoms with Crippen molar-refractivity contribution in [2.45, 2.75) is 44.8 Å². The summed E-state index contributed by atoms with van der Waals surface area (Å²) in [6.07, 6.45) is -2.35. The Bertz CT molecular complexity index is 1380. The summed E-state index contributed by atoms with van der Waals surface area (Å²) in [5.41, 5.74) is 1.95. The number of nitrogens with zero attached hydrogens (tertiary/aromatic N) is 2. The third-order valence-electron chi connectivity index (χ3n) is 4.62. The maximum atomic E-state index is 8.91. The molecule has 3 heteroatoms. The van der Waals surface area contributed by atoms with E-state index in [1.165, 1.54) is 18.3 Å². The van der Waals surface area contributed by atoms with Crippen molar-refractivity contribution in [1.29, 1.82) is 0 Å². The lowest BCUT2D eigenvalue weighted by Crippen LogP contribution is -2.06. The minimum absolute atomic E-state index is 0.00420. The van der Waals surface area contributed by atoms with Crippen LogP contribution in [0, 0.1) is 6.85 Å². The number of aryl methyl sites for hydroxylation is 1. The molecule has 130 valence electrons. The fourth-order valence-electron chi connectivity index (χ4n) is 3.33. The molecule has 0 atom stereocenters. The Balaban J connectivity index is 1.66. The molecule has 0 unspecified atom stereocenters. The highest BCUT2D eigenvalue weighted by Gasteiger charge is 2.19. The zero-order valence-corrected chi connectivity index (χ0v) is 14.0. The van der Waals surface area contributed by atoms with Crippen LogP contribution in [-0.4, -0.2) is 9.97 Å². The normalized spacial score (nSPS) is 25.8. The summed E-state index contributed by atoms with van der Waals surface area (Å²) in [7, 11) is 0. The van der Waals surface area contributed by atoms with Gasteiger partial charge in [-0.25, -0.2) is 4.98 Å². The molecular weight excluding hydrogens is 320 g/mol. The molecule has 1 aliphatic carbocycles. The molecule has 3 aromatic heterocycles. The van der Waals surface area contributed by atoms with E-state index in [4.69, 9.17) is 15.4 Å². The summed E-state index contributed by atoms with van der Waals surface area (Å²) >= 11 is 0. The highest BCUT2D eigenvalue weighted by atomic mass is 16.3. The van der Waals surface area contributed by atoms with Crippen molar-refractivity contribution in [3.63, 3.8) is 0 Å². The maximum absolute atomic E-state index is 8.91. The molecule has 1 aliphatic rings. The van der Waals surface area contributed by atoms with E-state index in [9.17, 15) is 0 Å². The summed E-state index contributed by atoms with van der Waals surface area (Å²) in [6, 6.07) is 11.8. The van der Waals surface area contributed by atoms with Gasteiger partial charge >= 0.3 is 0 Å². The molecule has 1 aromatic carbocycles. The average Bonchev–Trinajstić information content (AvgIpc) is 3.14. The molecule has 5 rings (SSSR count). The zero-order valence-electron chi connectivity index (χ0n) is 22.0. The molecule has 0 aliphatic heterocycles. The minimum Gasteiger partial charge on any atom is -0.437 e. The first kappa shape index (κ1) is 9.31. The highest BCUT2D eigenvalue weighted by Crippen LogP contribution is 2.37. The predicted octanol–water partition coefficient (Wildman–Crippen LogP) is 6.40. The number of rotatable bonds is 2. The van der Waals surface area contributed by atoms with Gasteiger partial charge < -0.3 is 4.42 Å². The second-order valence-electron chi connectivity index (χ2n) is 6.35. The number of furan rings is 1. The Morgan fingerprint density at radius 3 is 2.81 bits per heavy atom. The third-order valence-corrected chi connectivity index (χ3v) is 4.62. The van der Waals surface area contributed by atoms with Gasteiger partial charge in [-0.15, -0.1) is 0 Å². The third kappa shape index (κ3) is 2.59. The van der Waals surface area contributed by atoms with Gasteiger partial charge in [0.1, 0.15) is 5.58 Å². The van der Waals surface area contributed by atoms with Gasteiger partial charge in [-0.2, -0.15) is 0 Å². The number of hydrogen-bond acceptors (Lipinski definition) is 3. The fraction of sp³-hybridized carbons (Fsp3) is 0.304. The van der Waals surface area contributed by atoms with Crippen LogP contribution >= 0.6 is 0 Å². The number of benzene rings is 1. The second kappa shape index (κ2) is 6.24. The topological polar surface area (TPSA) is 38.9 Å². The van der Waals surface area contributed by atoms with E-state index in [-0.39, 0.29) is 29.8 Å². The van der Waals surface area contributed by atoms with Crippen LogP contribution < -0.4 is 0 Å². The molecule has 1 fully saturated rings. The van der Waals surface area contributed by atoms with Gasteiger partial charge in [0.15, 0.2) is 0 Å². The molecule has 3 nitrogen and oxygen atoms in total. The lowest BCUT2D eigenvalue weighted by atomic mass is 9.86.